The Hall–Kier alpha value is -0.570. The molecule has 0 aromatic heterocycles. The lowest BCUT2D eigenvalue weighted by Crippen LogP contribution is -2.29. The van der Waals surface area contributed by atoms with Crippen molar-refractivity contribution >= 4 is 5.91 Å². The molecule has 0 heterocycles. The van der Waals surface area contributed by atoms with Crippen molar-refractivity contribution < 1.29 is 4.79 Å². The first-order valence-corrected chi connectivity index (χ1v) is 10.1. The molecule has 23 heavy (non-hydrogen) atoms. The van der Waals surface area contributed by atoms with Gasteiger partial charge in [-0.15, -0.1) is 0 Å². The number of carbonyl (C=O) groups excluding carboxylic acids is 1. The third-order valence-electron chi connectivity index (χ3n) is 4.82. The molecule has 0 aliphatic heterocycles. The van der Waals surface area contributed by atoms with E-state index in [1.165, 1.54) is 64.3 Å². The van der Waals surface area contributed by atoms with Crippen molar-refractivity contribution in [2.24, 2.45) is 5.92 Å². The van der Waals surface area contributed by atoms with Crippen LogP contribution in [0.2, 0.25) is 0 Å². The van der Waals surface area contributed by atoms with Crippen LogP contribution in [0.15, 0.2) is 0 Å². The molecule has 2 unspecified atom stereocenters. The van der Waals surface area contributed by atoms with E-state index >= 15 is 0 Å². The molecule has 0 fully saturated rings. The molecule has 0 aliphatic rings. The Labute approximate surface area is 145 Å². The molecule has 0 rings (SSSR count). The van der Waals surface area contributed by atoms with Gasteiger partial charge in [0.2, 0.25) is 5.91 Å². The average molecular weight is 327 g/mol. The Morgan fingerprint density at radius 1 is 0.739 bits per heavy atom. The van der Waals surface area contributed by atoms with Crippen molar-refractivity contribution in [2.45, 2.75) is 104 Å². The summed E-state index contributed by atoms with van der Waals surface area (Å²) in [6, 6.07) is 0.671. The summed E-state index contributed by atoms with van der Waals surface area (Å²) in [5.41, 5.74) is 0. The van der Waals surface area contributed by atoms with E-state index in [0.29, 0.717) is 6.04 Å². The van der Waals surface area contributed by atoms with Crippen molar-refractivity contribution in [3.8, 4) is 0 Å². The number of amides is 1. The zero-order valence-electron chi connectivity index (χ0n) is 16.3. The van der Waals surface area contributed by atoms with Crippen LogP contribution in [0.1, 0.15) is 98.3 Å². The summed E-state index contributed by atoms with van der Waals surface area (Å²) in [7, 11) is 0. The fourth-order valence-electron chi connectivity index (χ4n) is 2.55. The lowest BCUT2D eigenvalue weighted by Gasteiger charge is -2.10. The molecule has 0 saturated heterocycles. The van der Waals surface area contributed by atoms with Gasteiger partial charge in [-0.2, -0.15) is 0 Å². The first kappa shape index (κ1) is 22.4. The monoisotopic (exact) mass is 326 g/mol. The van der Waals surface area contributed by atoms with Crippen LogP contribution in [0, 0.1) is 5.92 Å². The highest BCUT2D eigenvalue weighted by Crippen LogP contribution is 2.09. The Kier molecular flexibility index (Phi) is 15.9. The highest BCUT2D eigenvalue weighted by Gasteiger charge is 2.08. The van der Waals surface area contributed by atoms with Gasteiger partial charge in [0.05, 0.1) is 0 Å². The predicted molar refractivity (Wildman–Crippen MR) is 102 cm³/mol. The summed E-state index contributed by atoms with van der Waals surface area (Å²) in [6.07, 6.45) is 14.0. The van der Waals surface area contributed by atoms with E-state index in [2.05, 4.69) is 31.4 Å². The van der Waals surface area contributed by atoms with E-state index in [1.807, 2.05) is 6.92 Å². The van der Waals surface area contributed by atoms with E-state index < -0.39 is 0 Å². The van der Waals surface area contributed by atoms with Gasteiger partial charge in [0, 0.05) is 18.5 Å². The fourth-order valence-corrected chi connectivity index (χ4v) is 2.55. The van der Waals surface area contributed by atoms with Crippen LogP contribution in [0.5, 0.6) is 0 Å². The third kappa shape index (κ3) is 14.7. The lowest BCUT2D eigenvalue weighted by atomic mass is 10.1. The van der Waals surface area contributed by atoms with Crippen LogP contribution >= 0.6 is 0 Å². The molecule has 0 aliphatic carbocycles. The van der Waals surface area contributed by atoms with Gasteiger partial charge in [-0.3, -0.25) is 4.79 Å². The maximum atomic E-state index is 11.6. The number of hydrogen-bond acceptors (Lipinski definition) is 2. The quantitative estimate of drug-likeness (QED) is 0.390. The minimum atomic E-state index is 0.162. The highest BCUT2D eigenvalue weighted by molar-refractivity contribution is 5.78. The maximum Gasteiger partial charge on any atom is 0.222 e. The number of hydrogen-bond donors (Lipinski definition) is 2. The van der Waals surface area contributed by atoms with Crippen molar-refractivity contribution in [3.63, 3.8) is 0 Å². The van der Waals surface area contributed by atoms with Crippen molar-refractivity contribution in [1.29, 1.82) is 0 Å². The maximum absolute atomic E-state index is 11.6. The van der Waals surface area contributed by atoms with Gasteiger partial charge in [-0.25, -0.2) is 0 Å². The van der Waals surface area contributed by atoms with Gasteiger partial charge in [0.25, 0.3) is 0 Å². The summed E-state index contributed by atoms with van der Waals surface area (Å²) in [6.45, 7) is 10.6. The summed E-state index contributed by atoms with van der Waals surface area (Å²) in [5.74, 6) is 0.380. The van der Waals surface area contributed by atoms with E-state index in [-0.39, 0.29) is 11.8 Å². The van der Waals surface area contributed by atoms with Crippen LogP contribution in [-0.2, 0) is 4.79 Å². The molecule has 2 N–H and O–H groups in total. The Morgan fingerprint density at radius 3 is 1.70 bits per heavy atom. The number of nitrogens with one attached hydrogen (secondary N) is 2. The van der Waals surface area contributed by atoms with Gasteiger partial charge in [0.1, 0.15) is 0 Å². The van der Waals surface area contributed by atoms with Gasteiger partial charge in [-0.05, 0) is 39.2 Å². The van der Waals surface area contributed by atoms with Crippen LogP contribution in [0.25, 0.3) is 0 Å². The molecular formula is C20H42N2O. The lowest BCUT2D eigenvalue weighted by molar-refractivity contribution is -0.124. The zero-order valence-corrected chi connectivity index (χ0v) is 16.3. The molecule has 1 amide bonds. The first-order chi connectivity index (χ1) is 11.1. The van der Waals surface area contributed by atoms with Crippen molar-refractivity contribution in [1.82, 2.24) is 10.6 Å². The Balaban J connectivity index is 3.15. The molecule has 0 saturated carbocycles. The minimum absolute atomic E-state index is 0.162. The zero-order chi connectivity index (χ0) is 17.3. The van der Waals surface area contributed by atoms with E-state index in [0.717, 1.165) is 19.4 Å². The SMILES string of the molecule is CCC(C)NCCCCCCCCCCCNC(=O)C(C)CC. The molecule has 0 aromatic carbocycles. The van der Waals surface area contributed by atoms with Gasteiger partial charge in [0.15, 0.2) is 0 Å². The molecule has 0 aromatic rings. The van der Waals surface area contributed by atoms with Crippen molar-refractivity contribution in [3.05, 3.63) is 0 Å². The fraction of sp³-hybridized carbons (Fsp3) is 0.950. The smallest absolute Gasteiger partial charge is 0.222 e. The Morgan fingerprint density at radius 2 is 1.22 bits per heavy atom. The molecule has 3 nitrogen and oxygen atoms in total. The highest BCUT2D eigenvalue weighted by atomic mass is 16.1. The second-order valence-corrected chi connectivity index (χ2v) is 7.05. The van der Waals surface area contributed by atoms with Gasteiger partial charge < -0.3 is 10.6 Å². The van der Waals surface area contributed by atoms with Gasteiger partial charge >= 0.3 is 0 Å². The molecule has 0 bridgehead atoms. The second-order valence-electron chi connectivity index (χ2n) is 7.05. The molecule has 2 atom stereocenters. The van der Waals surface area contributed by atoms with Crippen LogP contribution in [0.3, 0.4) is 0 Å². The molecule has 3 heteroatoms. The van der Waals surface area contributed by atoms with E-state index in [9.17, 15) is 4.79 Å². The number of rotatable bonds is 16. The summed E-state index contributed by atoms with van der Waals surface area (Å²) in [4.78, 5) is 11.6. The van der Waals surface area contributed by atoms with E-state index in [1.54, 1.807) is 0 Å². The average Bonchev–Trinajstić information content (AvgIpc) is 2.57. The first-order valence-electron chi connectivity index (χ1n) is 10.1. The largest absolute Gasteiger partial charge is 0.356 e. The van der Waals surface area contributed by atoms with Crippen molar-refractivity contribution in [2.75, 3.05) is 13.1 Å². The van der Waals surface area contributed by atoms with Crippen LogP contribution < -0.4 is 10.6 Å². The number of carbonyl (C=O) groups is 1. The molecule has 0 radical (unpaired) electrons. The standard InChI is InChI=1S/C20H42N2O/c1-5-18(3)20(23)22-17-15-13-11-9-7-8-10-12-14-16-21-19(4)6-2/h18-19,21H,5-17H2,1-4H3,(H,22,23). The molecule has 0 spiro atoms. The summed E-state index contributed by atoms with van der Waals surface area (Å²) < 4.78 is 0. The van der Waals surface area contributed by atoms with E-state index in [4.69, 9.17) is 0 Å². The number of unbranched alkanes of at least 4 members (excludes halogenated alkanes) is 8. The third-order valence-corrected chi connectivity index (χ3v) is 4.82. The van der Waals surface area contributed by atoms with Crippen LogP contribution in [0.4, 0.5) is 0 Å². The van der Waals surface area contributed by atoms with Crippen LogP contribution in [-0.4, -0.2) is 25.0 Å². The Bertz CT molecular complexity index is 268. The predicted octanol–water partition coefficient (Wildman–Crippen LogP) is 5.05. The minimum Gasteiger partial charge on any atom is -0.356 e. The summed E-state index contributed by atoms with van der Waals surface area (Å²) >= 11 is 0. The normalized spacial score (nSPS) is 13.7. The second kappa shape index (κ2) is 16.3. The molecule has 138 valence electrons. The topological polar surface area (TPSA) is 41.1 Å². The molecular weight excluding hydrogens is 284 g/mol. The van der Waals surface area contributed by atoms with Gasteiger partial charge in [-0.1, -0.05) is 65.7 Å². The summed E-state index contributed by atoms with van der Waals surface area (Å²) in [5, 5.41) is 6.58.